The molecule has 0 aromatic rings. The molecule has 0 atom stereocenters. The normalized spacial score (nSPS) is 11.9. The van der Waals surface area contributed by atoms with Gasteiger partial charge in [0.1, 0.15) is 0 Å². The number of hydrogen-bond acceptors (Lipinski definition) is 5. The molecule has 126 valence electrons. The molecule has 0 unspecified atom stereocenters. The number of aliphatic hydroxyl groups excluding tert-OH is 1. The maximum absolute atomic E-state index is 11.8. The number of esters is 1. The number of carbonyl (C=O) groups is 1. The van der Waals surface area contributed by atoms with Crippen LogP contribution in [0.3, 0.4) is 0 Å². The van der Waals surface area contributed by atoms with Crippen molar-refractivity contribution in [2.45, 2.75) is 47.0 Å². The smallest absolute Gasteiger partial charge is 0.307 e. The number of nitrogens with zero attached hydrogens (tertiary/aromatic N) is 1. The molecule has 0 amide bonds. The minimum Gasteiger partial charge on any atom is -0.465 e. The van der Waals surface area contributed by atoms with Crippen LogP contribution in [-0.2, 0) is 9.53 Å². The minimum absolute atomic E-state index is 0.0461. The third kappa shape index (κ3) is 11.7. The third-order valence-electron chi connectivity index (χ3n) is 3.66. The van der Waals surface area contributed by atoms with E-state index in [2.05, 4.69) is 37.9 Å². The average molecular weight is 302 g/mol. The molecule has 0 heterocycles. The van der Waals surface area contributed by atoms with Gasteiger partial charge < -0.3 is 15.2 Å². The van der Waals surface area contributed by atoms with Crippen molar-refractivity contribution in [2.75, 3.05) is 45.9 Å². The first-order valence-electron chi connectivity index (χ1n) is 8.14. The van der Waals surface area contributed by atoms with Crippen molar-refractivity contribution >= 4 is 5.97 Å². The van der Waals surface area contributed by atoms with E-state index in [4.69, 9.17) is 9.84 Å². The highest BCUT2D eigenvalue weighted by atomic mass is 16.5. The van der Waals surface area contributed by atoms with Gasteiger partial charge in [-0.1, -0.05) is 27.7 Å². The molecule has 0 spiro atoms. The number of hydrogen-bond donors (Lipinski definition) is 2. The largest absolute Gasteiger partial charge is 0.465 e. The molecular formula is C16H34N2O3. The fourth-order valence-corrected chi connectivity index (χ4v) is 1.72. The zero-order valence-corrected chi connectivity index (χ0v) is 14.3. The maximum atomic E-state index is 11.8. The summed E-state index contributed by atoms with van der Waals surface area (Å²) in [5.41, 5.74) is 0.0461. The minimum atomic E-state index is -0.152. The van der Waals surface area contributed by atoms with Crippen molar-refractivity contribution in [3.8, 4) is 0 Å². The lowest BCUT2D eigenvalue weighted by Gasteiger charge is -2.23. The molecule has 0 saturated carbocycles. The second-order valence-corrected chi connectivity index (χ2v) is 6.24. The lowest BCUT2D eigenvalue weighted by molar-refractivity contribution is -0.147. The monoisotopic (exact) mass is 302 g/mol. The van der Waals surface area contributed by atoms with Crippen LogP contribution < -0.4 is 5.32 Å². The molecule has 5 heteroatoms. The summed E-state index contributed by atoms with van der Waals surface area (Å²) in [7, 11) is 0. The molecule has 0 aliphatic heterocycles. The van der Waals surface area contributed by atoms with Crippen molar-refractivity contribution in [1.82, 2.24) is 10.2 Å². The molecule has 0 saturated heterocycles. The molecule has 0 rings (SSSR count). The second kappa shape index (κ2) is 12.0. The van der Waals surface area contributed by atoms with Crippen LogP contribution in [0, 0.1) is 5.41 Å². The van der Waals surface area contributed by atoms with E-state index in [1.807, 2.05) is 0 Å². The fourth-order valence-electron chi connectivity index (χ4n) is 1.72. The average Bonchev–Trinajstić information content (AvgIpc) is 2.47. The van der Waals surface area contributed by atoms with E-state index >= 15 is 0 Å². The third-order valence-corrected chi connectivity index (χ3v) is 3.66. The molecule has 2 N–H and O–H groups in total. The van der Waals surface area contributed by atoms with Crippen molar-refractivity contribution in [3.63, 3.8) is 0 Å². The lowest BCUT2D eigenvalue weighted by Crippen LogP contribution is -2.36. The second-order valence-electron chi connectivity index (χ2n) is 6.24. The molecule has 21 heavy (non-hydrogen) atoms. The van der Waals surface area contributed by atoms with Crippen molar-refractivity contribution in [3.05, 3.63) is 0 Å². The summed E-state index contributed by atoms with van der Waals surface area (Å²) < 4.78 is 5.33. The fraction of sp³-hybridized carbons (Fsp3) is 0.938. The summed E-state index contributed by atoms with van der Waals surface area (Å²) in [5, 5.41) is 12.4. The molecule has 0 aliphatic carbocycles. The van der Waals surface area contributed by atoms with Gasteiger partial charge in [-0.25, -0.2) is 0 Å². The summed E-state index contributed by atoms with van der Waals surface area (Å²) in [6, 6.07) is 0. The quantitative estimate of drug-likeness (QED) is 0.400. The van der Waals surface area contributed by atoms with Gasteiger partial charge in [0.2, 0.25) is 0 Å². The summed E-state index contributed by atoms with van der Waals surface area (Å²) >= 11 is 0. The molecule has 0 aliphatic rings. The van der Waals surface area contributed by atoms with Crippen LogP contribution in [0.2, 0.25) is 0 Å². The van der Waals surface area contributed by atoms with Crippen molar-refractivity contribution in [1.29, 1.82) is 0 Å². The van der Waals surface area contributed by atoms with Gasteiger partial charge in [-0.2, -0.15) is 0 Å². The van der Waals surface area contributed by atoms with E-state index in [-0.39, 0.29) is 18.0 Å². The van der Waals surface area contributed by atoms with Crippen LogP contribution in [-0.4, -0.2) is 61.9 Å². The Kier molecular flexibility index (Phi) is 11.6. The van der Waals surface area contributed by atoms with E-state index in [0.717, 1.165) is 32.5 Å². The van der Waals surface area contributed by atoms with E-state index in [9.17, 15) is 4.79 Å². The van der Waals surface area contributed by atoms with Gasteiger partial charge in [0.25, 0.3) is 0 Å². The van der Waals surface area contributed by atoms with Crippen molar-refractivity contribution < 1.29 is 14.6 Å². The molecule has 5 nitrogen and oxygen atoms in total. The Morgan fingerprint density at radius 1 is 1.19 bits per heavy atom. The van der Waals surface area contributed by atoms with E-state index < -0.39 is 0 Å². The standard InChI is InChI=1S/C16H34N2O3/c1-5-8-17-9-11-18(12-13-19)10-7-15(20)21-14-16(3,4)6-2/h17,19H,5-14H2,1-4H3. The number of carbonyl (C=O) groups excluding carboxylic acids is 1. The number of rotatable bonds is 13. The molecule has 0 bridgehead atoms. The highest BCUT2D eigenvalue weighted by Crippen LogP contribution is 2.19. The van der Waals surface area contributed by atoms with Gasteiger partial charge in [0, 0.05) is 26.2 Å². The van der Waals surface area contributed by atoms with E-state index in [1.54, 1.807) is 0 Å². The molecule has 0 fully saturated rings. The highest BCUT2D eigenvalue weighted by molar-refractivity contribution is 5.69. The van der Waals surface area contributed by atoms with Gasteiger partial charge in [-0.05, 0) is 24.8 Å². The molecule has 0 radical (unpaired) electrons. The van der Waals surface area contributed by atoms with Gasteiger partial charge >= 0.3 is 5.97 Å². The van der Waals surface area contributed by atoms with E-state index in [1.165, 1.54) is 0 Å². The van der Waals surface area contributed by atoms with Crippen molar-refractivity contribution in [2.24, 2.45) is 5.41 Å². The summed E-state index contributed by atoms with van der Waals surface area (Å²) in [6.07, 6.45) is 2.48. The first-order valence-corrected chi connectivity index (χ1v) is 8.14. The van der Waals surface area contributed by atoms with Crippen LogP contribution in [0.4, 0.5) is 0 Å². The predicted molar refractivity (Wildman–Crippen MR) is 86.3 cm³/mol. The zero-order chi connectivity index (χ0) is 16.1. The molecular weight excluding hydrogens is 268 g/mol. The Bertz CT molecular complexity index is 270. The number of ether oxygens (including phenoxy) is 1. The predicted octanol–water partition coefficient (Wildman–Crippen LogP) is 1.65. The summed E-state index contributed by atoms with van der Waals surface area (Å²) in [6.45, 7) is 13.0. The molecule has 0 aromatic carbocycles. The highest BCUT2D eigenvalue weighted by Gasteiger charge is 2.18. The number of nitrogens with one attached hydrogen (secondary N) is 1. The Labute approximate surface area is 130 Å². The summed E-state index contributed by atoms with van der Waals surface area (Å²) in [4.78, 5) is 13.9. The summed E-state index contributed by atoms with van der Waals surface area (Å²) in [5.74, 6) is -0.152. The van der Waals surface area contributed by atoms with Crippen LogP contribution >= 0.6 is 0 Å². The Morgan fingerprint density at radius 3 is 2.48 bits per heavy atom. The van der Waals surface area contributed by atoms with Crippen LogP contribution in [0.15, 0.2) is 0 Å². The lowest BCUT2D eigenvalue weighted by atomic mass is 9.92. The van der Waals surface area contributed by atoms with Gasteiger partial charge in [-0.3, -0.25) is 9.69 Å². The Morgan fingerprint density at radius 2 is 1.90 bits per heavy atom. The van der Waals surface area contributed by atoms with Gasteiger partial charge in [-0.15, -0.1) is 0 Å². The van der Waals surface area contributed by atoms with Crippen LogP contribution in [0.1, 0.15) is 47.0 Å². The first-order chi connectivity index (χ1) is 9.95. The topological polar surface area (TPSA) is 61.8 Å². The Hall–Kier alpha value is -0.650. The van der Waals surface area contributed by atoms with Gasteiger partial charge in [0.15, 0.2) is 0 Å². The van der Waals surface area contributed by atoms with Gasteiger partial charge in [0.05, 0.1) is 19.6 Å². The molecule has 0 aromatic heterocycles. The van der Waals surface area contributed by atoms with Crippen LogP contribution in [0.25, 0.3) is 0 Å². The Balaban J connectivity index is 3.91. The number of aliphatic hydroxyl groups is 1. The zero-order valence-electron chi connectivity index (χ0n) is 14.3. The van der Waals surface area contributed by atoms with E-state index in [0.29, 0.717) is 26.1 Å². The SMILES string of the molecule is CCCNCCN(CCO)CCC(=O)OCC(C)(C)CC. The first kappa shape index (κ1) is 20.3. The maximum Gasteiger partial charge on any atom is 0.307 e. The van der Waals surface area contributed by atoms with Crippen LogP contribution in [0.5, 0.6) is 0 Å².